The van der Waals surface area contributed by atoms with E-state index in [9.17, 15) is 13.2 Å². The van der Waals surface area contributed by atoms with Crippen LogP contribution in [0.4, 0.5) is 0 Å². The van der Waals surface area contributed by atoms with Crippen molar-refractivity contribution >= 4 is 25.6 Å². The minimum atomic E-state index is -3.91. The summed E-state index contributed by atoms with van der Waals surface area (Å²) in [6, 6.07) is 4.17. The van der Waals surface area contributed by atoms with Gasteiger partial charge in [-0.3, -0.25) is 4.79 Å². The van der Waals surface area contributed by atoms with E-state index in [2.05, 4.69) is 5.32 Å². The molecule has 1 N–H and O–H groups in total. The quantitative estimate of drug-likeness (QED) is 0.821. The van der Waals surface area contributed by atoms with Crippen LogP contribution in [-0.2, 0) is 25.1 Å². The van der Waals surface area contributed by atoms with Crippen LogP contribution in [-0.4, -0.2) is 40.7 Å². The lowest BCUT2D eigenvalue weighted by atomic mass is 10.1. The van der Waals surface area contributed by atoms with Crippen LogP contribution in [0.25, 0.3) is 0 Å². The normalized spacial score (nSPS) is 18.7. The van der Waals surface area contributed by atoms with Gasteiger partial charge in [0.1, 0.15) is 0 Å². The van der Waals surface area contributed by atoms with Crippen molar-refractivity contribution in [3.8, 4) is 0 Å². The van der Waals surface area contributed by atoms with Crippen molar-refractivity contribution < 1.29 is 22.7 Å². The molecule has 0 aromatic heterocycles. The monoisotopic (exact) mass is 333 g/mol. The molecule has 1 aromatic carbocycles. The number of rotatable bonds is 5. The van der Waals surface area contributed by atoms with Crippen LogP contribution < -0.4 is 5.32 Å². The fraction of sp³-hybridized carbons (Fsp3) is 0.462. The van der Waals surface area contributed by atoms with Gasteiger partial charge in [0.2, 0.25) is 0 Å². The van der Waals surface area contributed by atoms with Crippen molar-refractivity contribution in [2.75, 3.05) is 20.3 Å². The molecule has 1 aliphatic heterocycles. The minimum Gasteiger partial charge on any atom is -0.380 e. The zero-order chi connectivity index (χ0) is 15.5. The van der Waals surface area contributed by atoms with E-state index >= 15 is 0 Å². The highest BCUT2D eigenvalue weighted by atomic mass is 35.7. The number of hydrogen-bond donors (Lipinski definition) is 1. The van der Waals surface area contributed by atoms with Crippen LogP contribution in [0.2, 0.25) is 0 Å². The Hall–Kier alpha value is -1.15. The summed E-state index contributed by atoms with van der Waals surface area (Å²) in [6.45, 7) is 1.26. The van der Waals surface area contributed by atoms with E-state index in [4.69, 9.17) is 20.2 Å². The van der Waals surface area contributed by atoms with Gasteiger partial charge in [-0.1, -0.05) is 0 Å². The Morgan fingerprint density at radius 2 is 2.24 bits per heavy atom. The molecule has 2 rings (SSSR count). The molecule has 1 saturated heterocycles. The third kappa shape index (κ3) is 4.41. The fourth-order valence-corrected chi connectivity index (χ4v) is 2.93. The highest BCUT2D eigenvalue weighted by molar-refractivity contribution is 8.13. The van der Waals surface area contributed by atoms with Crippen molar-refractivity contribution in [2.45, 2.75) is 24.0 Å². The Kier molecular flexibility index (Phi) is 5.21. The summed E-state index contributed by atoms with van der Waals surface area (Å²) in [5.74, 6) is -0.356. The maximum Gasteiger partial charge on any atom is 0.261 e. The molecular weight excluding hydrogens is 318 g/mol. The third-order valence-corrected chi connectivity index (χ3v) is 4.42. The van der Waals surface area contributed by atoms with E-state index in [-0.39, 0.29) is 29.0 Å². The van der Waals surface area contributed by atoms with Crippen LogP contribution in [0.1, 0.15) is 22.3 Å². The molecule has 1 aliphatic rings. The van der Waals surface area contributed by atoms with Crippen LogP contribution in [0.3, 0.4) is 0 Å². The summed E-state index contributed by atoms with van der Waals surface area (Å²) >= 11 is 0. The van der Waals surface area contributed by atoms with Gasteiger partial charge >= 0.3 is 0 Å². The average molecular weight is 334 g/mol. The molecule has 116 valence electrons. The van der Waals surface area contributed by atoms with Gasteiger partial charge in [-0.15, -0.1) is 0 Å². The maximum absolute atomic E-state index is 12.2. The number of nitrogens with one attached hydrogen (secondary N) is 1. The molecule has 0 aliphatic carbocycles. The van der Waals surface area contributed by atoms with Crippen molar-refractivity contribution in [3.63, 3.8) is 0 Å². The summed E-state index contributed by atoms with van der Waals surface area (Å²) in [6.07, 6.45) is 0.740. The van der Waals surface area contributed by atoms with E-state index in [0.717, 1.165) is 6.42 Å². The Labute approximate surface area is 127 Å². The Balaban J connectivity index is 2.28. The molecule has 8 heteroatoms. The summed E-state index contributed by atoms with van der Waals surface area (Å²) in [7, 11) is 2.93. The molecule has 1 amide bonds. The first kappa shape index (κ1) is 16.2. The van der Waals surface area contributed by atoms with E-state index in [1.807, 2.05) is 0 Å². The smallest absolute Gasteiger partial charge is 0.261 e. The third-order valence-electron chi connectivity index (χ3n) is 3.09. The van der Waals surface area contributed by atoms with Gasteiger partial charge in [-0.05, 0) is 30.2 Å². The number of amides is 1. The highest BCUT2D eigenvalue weighted by Gasteiger charge is 2.20. The van der Waals surface area contributed by atoms with Crippen molar-refractivity contribution in [1.82, 2.24) is 5.32 Å². The SMILES string of the molecule is COCc1cc(C(=O)NC2CCOC2)cc(S(=O)(=O)Cl)c1. The molecule has 21 heavy (non-hydrogen) atoms. The number of halogens is 1. The first-order chi connectivity index (χ1) is 9.90. The Morgan fingerprint density at radius 3 is 2.81 bits per heavy atom. The largest absolute Gasteiger partial charge is 0.380 e. The minimum absolute atomic E-state index is 0.0559. The number of carbonyl (C=O) groups is 1. The molecular formula is C13H16ClNO5S. The van der Waals surface area contributed by atoms with Crippen LogP contribution in [0.15, 0.2) is 23.1 Å². The number of hydrogen-bond acceptors (Lipinski definition) is 5. The lowest BCUT2D eigenvalue weighted by Crippen LogP contribution is -2.35. The molecule has 1 fully saturated rings. The molecule has 6 nitrogen and oxygen atoms in total. The van der Waals surface area contributed by atoms with E-state index < -0.39 is 9.05 Å². The molecule has 0 saturated carbocycles. The van der Waals surface area contributed by atoms with Crippen molar-refractivity contribution in [2.24, 2.45) is 0 Å². The predicted molar refractivity (Wildman–Crippen MR) is 76.9 cm³/mol. The van der Waals surface area contributed by atoms with Crippen LogP contribution in [0.5, 0.6) is 0 Å². The van der Waals surface area contributed by atoms with Gasteiger partial charge in [0.05, 0.1) is 24.2 Å². The molecule has 1 aromatic rings. The molecule has 1 atom stereocenters. The maximum atomic E-state index is 12.2. The van der Waals surface area contributed by atoms with Crippen LogP contribution >= 0.6 is 10.7 Å². The lowest BCUT2D eigenvalue weighted by Gasteiger charge is -2.12. The lowest BCUT2D eigenvalue weighted by molar-refractivity contribution is 0.0929. The van der Waals surface area contributed by atoms with E-state index in [1.54, 1.807) is 6.07 Å². The summed E-state index contributed by atoms with van der Waals surface area (Å²) in [4.78, 5) is 12.1. The van der Waals surface area contributed by atoms with Crippen LogP contribution in [0, 0.1) is 0 Å². The Bertz CT molecular complexity index is 625. The standard InChI is InChI=1S/C13H16ClNO5S/c1-19-7-9-4-10(6-12(5-9)21(14,17)18)13(16)15-11-2-3-20-8-11/h4-6,11H,2-3,7-8H2,1H3,(H,15,16). The molecule has 1 unspecified atom stereocenters. The summed E-state index contributed by atoms with van der Waals surface area (Å²) < 4.78 is 33.1. The molecule has 0 spiro atoms. The summed E-state index contributed by atoms with van der Waals surface area (Å²) in [5.41, 5.74) is 0.794. The second-order valence-electron chi connectivity index (χ2n) is 4.77. The van der Waals surface area contributed by atoms with Gasteiger partial charge in [-0.2, -0.15) is 0 Å². The van der Waals surface area contributed by atoms with E-state index in [0.29, 0.717) is 18.8 Å². The van der Waals surface area contributed by atoms with E-state index in [1.165, 1.54) is 19.2 Å². The van der Waals surface area contributed by atoms with Gasteiger partial charge in [0, 0.05) is 30.0 Å². The van der Waals surface area contributed by atoms with Gasteiger partial charge in [0.15, 0.2) is 0 Å². The molecule has 0 bridgehead atoms. The number of benzene rings is 1. The fourth-order valence-electron chi connectivity index (χ4n) is 2.10. The number of carbonyl (C=O) groups excluding carboxylic acids is 1. The average Bonchev–Trinajstić information content (AvgIpc) is 2.90. The topological polar surface area (TPSA) is 81.7 Å². The first-order valence-corrected chi connectivity index (χ1v) is 8.67. The summed E-state index contributed by atoms with van der Waals surface area (Å²) in [5, 5.41) is 2.80. The number of methoxy groups -OCH3 is 1. The molecule has 1 heterocycles. The zero-order valence-electron chi connectivity index (χ0n) is 11.5. The van der Waals surface area contributed by atoms with Crippen molar-refractivity contribution in [1.29, 1.82) is 0 Å². The van der Waals surface area contributed by atoms with Crippen molar-refractivity contribution in [3.05, 3.63) is 29.3 Å². The second kappa shape index (κ2) is 6.74. The Morgan fingerprint density at radius 1 is 1.48 bits per heavy atom. The van der Waals surface area contributed by atoms with Gasteiger partial charge < -0.3 is 14.8 Å². The first-order valence-electron chi connectivity index (χ1n) is 6.36. The number of ether oxygens (including phenoxy) is 2. The second-order valence-corrected chi connectivity index (χ2v) is 7.34. The zero-order valence-corrected chi connectivity index (χ0v) is 13.0. The highest BCUT2D eigenvalue weighted by Crippen LogP contribution is 2.20. The predicted octanol–water partition coefficient (Wildman–Crippen LogP) is 1.28. The van der Waals surface area contributed by atoms with Gasteiger partial charge in [0.25, 0.3) is 15.0 Å². The van der Waals surface area contributed by atoms with Gasteiger partial charge in [-0.25, -0.2) is 8.42 Å². The molecule has 0 radical (unpaired) electrons.